The van der Waals surface area contributed by atoms with E-state index in [0.29, 0.717) is 6.04 Å². The number of nitrogens with one attached hydrogen (secondary N) is 2. The van der Waals surface area contributed by atoms with E-state index in [0.717, 1.165) is 55.9 Å². The molecule has 0 aromatic carbocycles. The third kappa shape index (κ3) is 6.99. The molecule has 5 nitrogen and oxygen atoms in total. The standard InChI is InChI=1S/C19H33N5.HI/c1-5-16(6-2)14-21-19(20-4)23-17-10-12-24(13-11-17)18-9-7-8-15(3)22-18;/h7-9,16-17H,5-6,10-14H2,1-4H3,(H2,20,21,23);1H. The summed E-state index contributed by atoms with van der Waals surface area (Å²) in [6.45, 7) is 9.63. The Kier molecular flexibility index (Phi) is 10.2. The van der Waals surface area contributed by atoms with E-state index in [1.54, 1.807) is 0 Å². The molecule has 25 heavy (non-hydrogen) atoms. The van der Waals surface area contributed by atoms with Crippen LogP contribution < -0.4 is 15.5 Å². The summed E-state index contributed by atoms with van der Waals surface area (Å²) < 4.78 is 0. The molecule has 1 aromatic rings. The normalized spacial score (nSPS) is 15.9. The molecule has 2 rings (SSSR count). The predicted molar refractivity (Wildman–Crippen MR) is 118 cm³/mol. The number of guanidine groups is 1. The number of anilines is 1. The lowest BCUT2D eigenvalue weighted by Gasteiger charge is -2.34. The van der Waals surface area contributed by atoms with Gasteiger partial charge < -0.3 is 15.5 Å². The highest BCUT2D eigenvalue weighted by atomic mass is 127. The minimum absolute atomic E-state index is 0. The molecule has 0 unspecified atom stereocenters. The van der Waals surface area contributed by atoms with E-state index < -0.39 is 0 Å². The van der Waals surface area contributed by atoms with Crippen molar-refractivity contribution >= 4 is 35.8 Å². The van der Waals surface area contributed by atoms with Crippen LogP contribution in [0.3, 0.4) is 0 Å². The minimum atomic E-state index is 0. The van der Waals surface area contributed by atoms with Crippen molar-refractivity contribution in [1.82, 2.24) is 15.6 Å². The van der Waals surface area contributed by atoms with Crippen molar-refractivity contribution in [3.05, 3.63) is 23.9 Å². The van der Waals surface area contributed by atoms with Gasteiger partial charge in [-0.3, -0.25) is 4.99 Å². The highest BCUT2D eigenvalue weighted by Gasteiger charge is 2.21. The molecule has 0 amide bonds. The van der Waals surface area contributed by atoms with E-state index in [1.807, 2.05) is 20.0 Å². The molecule has 1 saturated heterocycles. The molecule has 0 saturated carbocycles. The Morgan fingerprint density at radius 2 is 1.96 bits per heavy atom. The quantitative estimate of drug-likeness (QED) is 0.388. The zero-order valence-corrected chi connectivity index (χ0v) is 18.4. The third-order valence-corrected chi connectivity index (χ3v) is 4.97. The molecule has 2 N–H and O–H groups in total. The topological polar surface area (TPSA) is 52.6 Å². The van der Waals surface area contributed by atoms with Crippen molar-refractivity contribution in [2.45, 2.75) is 52.5 Å². The Morgan fingerprint density at radius 3 is 2.52 bits per heavy atom. The number of halogens is 1. The van der Waals surface area contributed by atoms with Crippen molar-refractivity contribution in [2.75, 3.05) is 31.6 Å². The van der Waals surface area contributed by atoms with E-state index >= 15 is 0 Å². The summed E-state index contributed by atoms with van der Waals surface area (Å²) in [4.78, 5) is 11.4. The lowest BCUT2D eigenvalue weighted by molar-refractivity contribution is 0.448. The Labute approximate surface area is 170 Å². The van der Waals surface area contributed by atoms with Crippen molar-refractivity contribution in [1.29, 1.82) is 0 Å². The maximum Gasteiger partial charge on any atom is 0.191 e. The minimum Gasteiger partial charge on any atom is -0.356 e. The molecule has 0 bridgehead atoms. The first kappa shape index (κ1) is 22.0. The first-order valence-electron chi connectivity index (χ1n) is 9.32. The van der Waals surface area contributed by atoms with Gasteiger partial charge in [0.25, 0.3) is 0 Å². The molecule has 0 atom stereocenters. The fourth-order valence-corrected chi connectivity index (χ4v) is 3.16. The molecule has 142 valence electrons. The maximum absolute atomic E-state index is 4.64. The number of aromatic nitrogens is 1. The Balaban J connectivity index is 0.00000312. The Hall–Kier alpha value is -1.05. The van der Waals surface area contributed by atoms with E-state index in [2.05, 4.69) is 51.5 Å². The van der Waals surface area contributed by atoms with Crippen LogP contribution in [0.5, 0.6) is 0 Å². The molecule has 1 fully saturated rings. The lowest BCUT2D eigenvalue weighted by Crippen LogP contribution is -2.49. The number of hydrogen-bond donors (Lipinski definition) is 2. The predicted octanol–water partition coefficient (Wildman–Crippen LogP) is 3.58. The van der Waals surface area contributed by atoms with Gasteiger partial charge in [0.2, 0.25) is 0 Å². The molecular weight excluding hydrogens is 425 g/mol. The summed E-state index contributed by atoms with van der Waals surface area (Å²) in [5.41, 5.74) is 1.08. The number of piperidine rings is 1. The molecule has 1 aliphatic heterocycles. The second kappa shape index (κ2) is 11.5. The monoisotopic (exact) mass is 459 g/mol. The number of aliphatic imine (C=N–C) groups is 1. The van der Waals surface area contributed by atoms with Gasteiger partial charge in [-0.15, -0.1) is 24.0 Å². The molecule has 1 aliphatic rings. The van der Waals surface area contributed by atoms with Gasteiger partial charge in [0, 0.05) is 38.4 Å². The SMILES string of the molecule is CCC(CC)CNC(=NC)NC1CCN(c2cccc(C)n2)CC1.I. The van der Waals surface area contributed by atoms with Crippen LogP contribution in [0.15, 0.2) is 23.2 Å². The van der Waals surface area contributed by atoms with Crippen LogP contribution >= 0.6 is 24.0 Å². The average molecular weight is 459 g/mol. The van der Waals surface area contributed by atoms with Crippen LogP contribution in [-0.2, 0) is 0 Å². The Bertz CT molecular complexity index is 522. The molecule has 0 aliphatic carbocycles. The fourth-order valence-electron chi connectivity index (χ4n) is 3.16. The van der Waals surface area contributed by atoms with E-state index in [-0.39, 0.29) is 24.0 Å². The number of rotatable bonds is 6. The van der Waals surface area contributed by atoms with Gasteiger partial charge in [-0.1, -0.05) is 32.8 Å². The van der Waals surface area contributed by atoms with Crippen LogP contribution in [-0.4, -0.2) is 43.7 Å². The van der Waals surface area contributed by atoms with Crippen LogP contribution in [0.25, 0.3) is 0 Å². The molecular formula is C19H34IN5. The summed E-state index contributed by atoms with van der Waals surface area (Å²) in [5.74, 6) is 2.76. The number of pyridine rings is 1. The lowest BCUT2D eigenvalue weighted by atomic mass is 10.0. The number of hydrogen-bond acceptors (Lipinski definition) is 3. The largest absolute Gasteiger partial charge is 0.356 e. The number of nitrogens with zero attached hydrogens (tertiary/aromatic N) is 3. The van der Waals surface area contributed by atoms with Crippen LogP contribution in [0.4, 0.5) is 5.82 Å². The Morgan fingerprint density at radius 1 is 1.28 bits per heavy atom. The van der Waals surface area contributed by atoms with Gasteiger partial charge in [0.1, 0.15) is 5.82 Å². The highest BCUT2D eigenvalue weighted by molar-refractivity contribution is 14.0. The first-order chi connectivity index (χ1) is 11.7. The van der Waals surface area contributed by atoms with E-state index in [1.165, 1.54) is 12.8 Å². The summed E-state index contributed by atoms with van der Waals surface area (Å²) in [6, 6.07) is 6.73. The highest BCUT2D eigenvalue weighted by Crippen LogP contribution is 2.18. The van der Waals surface area contributed by atoms with Crippen molar-refractivity contribution in [2.24, 2.45) is 10.9 Å². The smallest absolute Gasteiger partial charge is 0.191 e. The zero-order valence-electron chi connectivity index (χ0n) is 16.1. The third-order valence-electron chi connectivity index (χ3n) is 4.97. The average Bonchev–Trinajstić information content (AvgIpc) is 2.62. The van der Waals surface area contributed by atoms with Gasteiger partial charge in [0.15, 0.2) is 5.96 Å². The second-order valence-electron chi connectivity index (χ2n) is 6.68. The fraction of sp³-hybridized carbons (Fsp3) is 0.684. The van der Waals surface area contributed by atoms with Gasteiger partial charge >= 0.3 is 0 Å². The summed E-state index contributed by atoms with van der Waals surface area (Å²) in [7, 11) is 1.86. The molecule has 6 heteroatoms. The van der Waals surface area contributed by atoms with Crippen LogP contribution in [0.2, 0.25) is 0 Å². The van der Waals surface area contributed by atoms with Crippen molar-refractivity contribution in [3.8, 4) is 0 Å². The van der Waals surface area contributed by atoms with Crippen molar-refractivity contribution in [3.63, 3.8) is 0 Å². The molecule has 1 aromatic heterocycles. The summed E-state index contributed by atoms with van der Waals surface area (Å²) in [6.07, 6.45) is 4.65. The maximum atomic E-state index is 4.64. The van der Waals surface area contributed by atoms with Gasteiger partial charge in [-0.25, -0.2) is 4.98 Å². The zero-order chi connectivity index (χ0) is 17.4. The summed E-state index contributed by atoms with van der Waals surface area (Å²) >= 11 is 0. The van der Waals surface area contributed by atoms with Crippen LogP contribution in [0, 0.1) is 12.8 Å². The molecule has 2 heterocycles. The van der Waals surface area contributed by atoms with Crippen molar-refractivity contribution < 1.29 is 0 Å². The summed E-state index contributed by atoms with van der Waals surface area (Å²) in [5, 5.41) is 7.07. The van der Waals surface area contributed by atoms with E-state index in [9.17, 15) is 0 Å². The molecule has 0 radical (unpaired) electrons. The number of aryl methyl sites for hydroxylation is 1. The van der Waals surface area contributed by atoms with Crippen LogP contribution in [0.1, 0.15) is 45.2 Å². The van der Waals surface area contributed by atoms with E-state index in [4.69, 9.17) is 0 Å². The first-order valence-corrected chi connectivity index (χ1v) is 9.32. The molecule has 0 spiro atoms. The van der Waals surface area contributed by atoms with Gasteiger partial charge in [0.05, 0.1) is 0 Å². The second-order valence-corrected chi connectivity index (χ2v) is 6.68. The van der Waals surface area contributed by atoms with Gasteiger partial charge in [-0.05, 0) is 37.8 Å². The van der Waals surface area contributed by atoms with Gasteiger partial charge in [-0.2, -0.15) is 0 Å².